The Morgan fingerprint density at radius 3 is 1.90 bits per heavy atom. The van der Waals surface area contributed by atoms with Crippen LogP contribution in [0.4, 0.5) is 4.79 Å². The zero-order chi connectivity index (χ0) is 22.4. The minimum absolute atomic E-state index is 0.195. The molecule has 1 aliphatic heterocycles. The predicted molar refractivity (Wildman–Crippen MR) is 117 cm³/mol. The molecule has 0 aromatic heterocycles. The SMILES string of the molecule is CC(C)(C)OC(=O)N1CCN(C(=O)C(NC(=O)c2ccccc2)c2ccccc2)CC1. The van der Waals surface area contributed by atoms with Gasteiger partial charge in [-0.25, -0.2) is 4.79 Å². The zero-order valence-corrected chi connectivity index (χ0v) is 18.2. The molecule has 0 spiro atoms. The van der Waals surface area contributed by atoms with Gasteiger partial charge in [-0.2, -0.15) is 0 Å². The van der Waals surface area contributed by atoms with E-state index in [1.54, 1.807) is 34.1 Å². The number of carbonyl (C=O) groups is 3. The number of nitrogens with one attached hydrogen (secondary N) is 1. The largest absolute Gasteiger partial charge is 0.444 e. The standard InChI is InChI=1S/C24H29N3O4/c1-24(2,3)31-23(30)27-16-14-26(15-17-27)22(29)20(18-10-6-4-7-11-18)25-21(28)19-12-8-5-9-13-19/h4-13,20H,14-17H2,1-3H3,(H,25,28). The fourth-order valence-corrected chi connectivity index (χ4v) is 3.36. The molecule has 7 heteroatoms. The number of nitrogens with zero attached hydrogens (tertiary/aromatic N) is 2. The first-order valence-corrected chi connectivity index (χ1v) is 10.4. The monoisotopic (exact) mass is 423 g/mol. The van der Waals surface area contributed by atoms with Crippen LogP contribution in [0.2, 0.25) is 0 Å². The van der Waals surface area contributed by atoms with Gasteiger partial charge in [0.15, 0.2) is 0 Å². The Morgan fingerprint density at radius 2 is 1.35 bits per heavy atom. The Kier molecular flexibility index (Phi) is 6.95. The number of hydrogen-bond donors (Lipinski definition) is 1. The Hall–Kier alpha value is -3.35. The third kappa shape index (κ3) is 6.07. The number of benzene rings is 2. The summed E-state index contributed by atoms with van der Waals surface area (Å²) in [6.45, 7) is 6.99. The van der Waals surface area contributed by atoms with Crippen LogP contribution in [-0.4, -0.2) is 59.5 Å². The third-order valence-electron chi connectivity index (χ3n) is 4.93. The summed E-state index contributed by atoms with van der Waals surface area (Å²) >= 11 is 0. The molecule has 1 fully saturated rings. The van der Waals surface area contributed by atoms with Gasteiger partial charge in [0.05, 0.1) is 0 Å². The average molecular weight is 424 g/mol. The molecule has 1 heterocycles. The highest BCUT2D eigenvalue weighted by Gasteiger charge is 2.32. The van der Waals surface area contributed by atoms with Crippen molar-refractivity contribution in [3.05, 3.63) is 71.8 Å². The zero-order valence-electron chi connectivity index (χ0n) is 18.2. The van der Waals surface area contributed by atoms with E-state index in [2.05, 4.69) is 5.32 Å². The van der Waals surface area contributed by atoms with Gasteiger partial charge in [-0.15, -0.1) is 0 Å². The molecule has 164 valence electrons. The first-order chi connectivity index (χ1) is 14.7. The van der Waals surface area contributed by atoms with Crippen molar-refractivity contribution in [3.8, 4) is 0 Å². The highest BCUT2D eigenvalue weighted by Crippen LogP contribution is 2.19. The Labute approximate surface area is 183 Å². The molecule has 1 unspecified atom stereocenters. The van der Waals surface area contributed by atoms with E-state index in [9.17, 15) is 14.4 Å². The van der Waals surface area contributed by atoms with E-state index >= 15 is 0 Å². The van der Waals surface area contributed by atoms with Crippen molar-refractivity contribution >= 4 is 17.9 Å². The van der Waals surface area contributed by atoms with Crippen molar-refractivity contribution in [2.24, 2.45) is 0 Å². The maximum Gasteiger partial charge on any atom is 0.410 e. The van der Waals surface area contributed by atoms with Gasteiger partial charge in [0.2, 0.25) is 5.91 Å². The molecule has 1 aliphatic rings. The lowest BCUT2D eigenvalue weighted by molar-refractivity contribution is -0.135. The van der Waals surface area contributed by atoms with E-state index in [0.29, 0.717) is 37.3 Å². The molecule has 0 radical (unpaired) electrons. The highest BCUT2D eigenvalue weighted by atomic mass is 16.6. The summed E-state index contributed by atoms with van der Waals surface area (Å²) in [7, 11) is 0. The summed E-state index contributed by atoms with van der Waals surface area (Å²) < 4.78 is 5.42. The summed E-state index contributed by atoms with van der Waals surface area (Å²) in [5.41, 5.74) is 0.641. The topological polar surface area (TPSA) is 79.0 Å². The van der Waals surface area contributed by atoms with Gasteiger partial charge in [0.1, 0.15) is 11.6 Å². The second-order valence-corrected chi connectivity index (χ2v) is 8.48. The highest BCUT2D eigenvalue weighted by molar-refractivity contribution is 5.97. The van der Waals surface area contributed by atoms with Crippen molar-refractivity contribution in [1.82, 2.24) is 15.1 Å². The van der Waals surface area contributed by atoms with Crippen molar-refractivity contribution in [1.29, 1.82) is 0 Å². The summed E-state index contributed by atoms with van der Waals surface area (Å²) in [4.78, 5) is 41.7. The van der Waals surface area contributed by atoms with Gasteiger partial charge in [-0.1, -0.05) is 48.5 Å². The first-order valence-electron chi connectivity index (χ1n) is 10.4. The quantitative estimate of drug-likeness (QED) is 0.819. The molecule has 1 atom stereocenters. The Bertz CT molecular complexity index is 901. The normalized spacial score (nSPS) is 15.2. The molecule has 31 heavy (non-hydrogen) atoms. The second kappa shape index (κ2) is 9.64. The van der Waals surface area contributed by atoms with Crippen LogP contribution in [-0.2, 0) is 9.53 Å². The molecule has 7 nitrogen and oxygen atoms in total. The van der Waals surface area contributed by atoms with Gasteiger partial charge in [0.25, 0.3) is 5.91 Å². The molecule has 0 aliphatic carbocycles. The number of amides is 3. The van der Waals surface area contributed by atoms with Crippen LogP contribution < -0.4 is 5.32 Å². The fraction of sp³-hybridized carbons (Fsp3) is 0.375. The summed E-state index contributed by atoms with van der Waals surface area (Å²) in [6.07, 6.45) is -0.378. The first kappa shape index (κ1) is 22.3. The number of hydrogen-bond acceptors (Lipinski definition) is 4. The van der Waals surface area contributed by atoms with Gasteiger partial charge >= 0.3 is 6.09 Å². The van der Waals surface area contributed by atoms with E-state index in [1.165, 1.54) is 0 Å². The maximum atomic E-state index is 13.3. The lowest BCUT2D eigenvalue weighted by atomic mass is 10.0. The minimum atomic E-state index is -0.804. The van der Waals surface area contributed by atoms with Gasteiger partial charge in [0, 0.05) is 31.7 Å². The number of piperazine rings is 1. The number of carbonyl (C=O) groups excluding carboxylic acids is 3. The summed E-state index contributed by atoms with van der Waals surface area (Å²) in [5, 5.41) is 2.88. The lowest BCUT2D eigenvalue weighted by Gasteiger charge is -2.37. The van der Waals surface area contributed by atoms with E-state index in [1.807, 2.05) is 57.2 Å². The Balaban J connectivity index is 1.70. The third-order valence-corrected chi connectivity index (χ3v) is 4.93. The van der Waals surface area contributed by atoms with Crippen LogP contribution in [0.5, 0.6) is 0 Å². The Morgan fingerprint density at radius 1 is 0.839 bits per heavy atom. The van der Waals surface area contributed by atoms with Crippen molar-refractivity contribution in [2.75, 3.05) is 26.2 Å². The molecule has 0 saturated carbocycles. The average Bonchev–Trinajstić information content (AvgIpc) is 2.77. The van der Waals surface area contributed by atoms with Crippen molar-refractivity contribution < 1.29 is 19.1 Å². The van der Waals surface area contributed by atoms with Gasteiger partial charge < -0.3 is 19.9 Å². The second-order valence-electron chi connectivity index (χ2n) is 8.48. The number of rotatable bonds is 4. The molecule has 1 N–H and O–H groups in total. The molecule has 1 saturated heterocycles. The van der Waals surface area contributed by atoms with Crippen LogP contribution in [0.3, 0.4) is 0 Å². The van der Waals surface area contributed by atoms with Crippen molar-refractivity contribution in [2.45, 2.75) is 32.4 Å². The van der Waals surface area contributed by atoms with E-state index in [4.69, 9.17) is 4.74 Å². The lowest BCUT2D eigenvalue weighted by Crippen LogP contribution is -2.54. The number of ether oxygens (including phenoxy) is 1. The van der Waals surface area contributed by atoms with E-state index < -0.39 is 11.6 Å². The van der Waals surface area contributed by atoms with Crippen LogP contribution >= 0.6 is 0 Å². The van der Waals surface area contributed by atoms with E-state index in [0.717, 1.165) is 0 Å². The molecule has 3 rings (SSSR count). The molecular weight excluding hydrogens is 394 g/mol. The maximum absolute atomic E-state index is 13.3. The predicted octanol–water partition coefficient (Wildman–Crippen LogP) is 3.24. The summed E-state index contributed by atoms with van der Waals surface area (Å²) in [6, 6.07) is 17.2. The van der Waals surface area contributed by atoms with Crippen LogP contribution in [0.15, 0.2) is 60.7 Å². The van der Waals surface area contributed by atoms with Gasteiger partial charge in [-0.3, -0.25) is 9.59 Å². The molecule has 2 aromatic carbocycles. The van der Waals surface area contributed by atoms with Crippen LogP contribution in [0.1, 0.15) is 42.7 Å². The molecule has 2 aromatic rings. The molecule has 0 bridgehead atoms. The van der Waals surface area contributed by atoms with E-state index in [-0.39, 0.29) is 17.9 Å². The van der Waals surface area contributed by atoms with Gasteiger partial charge in [-0.05, 0) is 38.5 Å². The summed E-state index contributed by atoms with van der Waals surface area (Å²) in [5.74, 6) is -0.505. The minimum Gasteiger partial charge on any atom is -0.444 e. The smallest absolute Gasteiger partial charge is 0.410 e. The molecule has 3 amide bonds. The van der Waals surface area contributed by atoms with Crippen LogP contribution in [0.25, 0.3) is 0 Å². The fourth-order valence-electron chi connectivity index (χ4n) is 3.36. The van der Waals surface area contributed by atoms with Crippen molar-refractivity contribution in [3.63, 3.8) is 0 Å². The van der Waals surface area contributed by atoms with Crippen LogP contribution in [0, 0.1) is 0 Å². The molecular formula is C24H29N3O4.